The maximum absolute atomic E-state index is 12.6. The average Bonchev–Trinajstić information content (AvgIpc) is 2.80. The van der Waals surface area contributed by atoms with Gasteiger partial charge in [0.15, 0.2) is 0 Å². The molecule has 1 aliphatic heterocycles. The van der Waals surface area contributed by atoms with Gasteiger partial charge in [-0.25, -0.2) is 0 Å². The number of ether oxygens (including phenoxy) is 1. The topological polar surface area (TPSA) is 73.9 Å². The van der Waals surface area contributed by atoms with Gasteiger partial charge >= 0.3 is 0 Å². The molecule has 0 spiro atoms. The molecule has 1 aliphatic carbocycles. The number of nitrogens with zero attached hydrogens (tertiary/aromatic N) is 2. The molecule has 0 aromatic heterocycles. The summed E-state index contributed by atoms with van der Waals surface area (Å²) in [6.07, 6.45) is 3.09. The number of morpholine rings is 1. The Morgan fingerprint density at radius 3 is 2.53 bits per heavy atom. The van der Waals surface area contributed by atoms with E-state index >= 15 is 0 Å². The Morgan fingerprint density at radius 1 is 1.03 bits per heavy atom. The minimum atomic E-state index is -0.137. The minimum Gasteiger partial charge on any atom is -0.378 e. The molecule has 0 saturated carbocycles. The predicted molar refractivity (Wildman–Crippen MR) is 126 cm³/mol. The fourth-order valence-corrected chi connectivity index (χ4v) is 4.47. The Morgan fingerprint density at radius 2 is 1.75 bits per heavy atom. The maximum Gasteiger partial charge on any atom is 0.238 e. The number of anilines is 2. The number of amides is 2. The molecule has 4 rings (SSSR count). The summed E-state index contributed by atoms with van der Waals surface area (Å²) >= 11 is 0. The van der Waals surface area contributed by atoms with Crippen molar-refractivity contribution >= 4 is 23.2 Å². The highest BCUT2D eigenvalue weighted by molar-refractivity contribution is 5.92. The lowest BCUT2D eigenvalue weighted by Gasteiger charge is -2.29. The average molecular weight is 437 g/mol. The third kappa shape index (κ3) is 5.87. The summed E-state index contributed by atoms with van der Waals surface area (Å²) in [6, 6.07) is 16.2. The highest BCUT2D eigenvalue weighted by atomic mass is 16.5. The van der Waals surface area contributed by atoms with E-state index in [1.54, 1.807) is 11.9 Å². The molecule has 2 N–H and O–H groups in total. The highest BCUT2D eigenvalue weighted by Gasteiger charge is 2.22. The van der Waals surface area contributed by atoms with Gasteiger partial charge < -0.3 is 20.3 Å². The zero-order valence-electron chi connectivity index (χ0n) is 18.7. The molecular formula is C25H32N4O3. The van der Waals surface area contributed by atoms with E-state index in [2.05, 4.69) is 27.7 Å². The SMILES string of the molecule is CN(CC(=O)Nc1ccc(N2CCOCC2)cc1)CC(=O)NC1CCCc2ccccc21. The van der Waals surface area contributed by atoms with E-state index in [0.29, 0.717) is 0 Å². The van der Waals surface area contributed by atoms with Crippen LogP contribution in [0.2, 0.25) is 0 Å². The molecule has 1 saturated heterocycles. The monoisotopic (exact) mass is 436 g/mol. The van der Waals surface area contributed by atoms with Crippen LogP contribution in [0.3, 0.4) is 0 Å². The Balaban J connectivity index is 1.23. The van der Waals surface area contributed by atoms with Crippen molar-refractivity contribution in [1.82, 2.24) is 10.2 Å². The van der Waals surface area contributed by atoms with Crippen molar-refractivity contribution in [1.29, 1.82) is 0 Å². The Bertz CT molecular complexity index is 925. The molecule has 0 bridgehead atoms. The number of nitrogens with one attached hydrogen (secondary N) is 2. The molecule has 2 amide bonds. The van der Waals surface area contributed by atoms with Gasteiger partial charge in [-0.1, -0.05) is 24.3 Å². The van der Waals surface area contributed by atoms with Gasteiger partial charge in [0.25, 0.3) is 0 Å². The van der Waals surface area contributed by atoms with Gasteiger partial charge in [0.1, 0.15) is 0 Å². The smallest absolute Gasteiger partial charge is 0.238 e. The van der Waals surface area contributed by atoms with Crippen molar-refractivity contribution in [3.8, 4) is 0 Å². The van der Waals surface area contributed by atoms with Gasteiger partial charge in [0.2, 0.25) is 11.8 Å². The zero-order chi connectivity index (χ0) is 22.3. The molecule has 2 aromatic carbocycles. The van der Waals surface area contributed by atoms with Gasteiger partial charge in [-0.3, -0.25) is 14.5 Å². The molecule has 32 heavy (non-hydrogen) atoms. The van der Waals surface area contributed by atoms with Gasteiger partial charge in [0, 0.05) is 24.5 Å². The van der Waals surface area contributed by atoms with Crippen molar-refractivity contribution < 1.29 is 14.3 Å². The van der Waals surface area contributed by atoms with Crippen molar-refractivity contribution in [2.75, 3.05) is 56.7 Å². The van der Waals surface area contributed by atoms with Crippen molar-refractivity contribution in [3.05, 3.63) is 59.7 Å². The van der Waals surface area contributed by atoms with E-state index in [9.17, 15) is 9.59 Å². The molecule has 170 valence electrons. The normalized spacial score (nSPS) is 18.2. The lowest BCUT2D eigenvalue weighted by atomic mass is 9.88. The van der Waals surface area contributed by atoms with E-state index < -0.39 is 0 Å². The van der Waals surface area contributed by atoms with Crippen LogP contribution in [0.5, 0.6) is 0 Å². The maximum atomic E-state index is 12.6. The van der Waals surface area contributed by atoms with Crippen molar-refractivity contribution in [2.24, 2.45) is 0 Å². The highest BCUT2D eigenvalue weighted by Crippen LogP contribution is 2.29. The number of hydrogen-bond acceptors (Lipinski definition) is 5. The Labute approximate surface area is 189 Å². The number of likely N-dealkylation sites (N-methyl/N-ethyl adjacent to an activating group) is 1. The zero-order valence-corrected chi connectivity index (χ0v) is 18.7. The second kappa shape index (κ2) is 10.6. The fraction of sp³-hybridized carbons (Fsp3) is 0.440. The lowest BCUT2D eigenvalue weighted by Crippen LogP contribution is -2.40. The summed E-state index contributed by atoms with van der Waals surface area (Å²) < 4.78 is 5.39. The molecule has 1 unspecified atom stereocenters. The first-order chi connectivity index (χ1) is 15.6. The first-order valence-corrected chi connectivity index (χ1v) is 11.4. The van der Waals surface area contributed by atoms with E-state index in [1.165, 1.54) is 11.1 Å². The molecule has 1 fully saturated rings. The molecule has 1 atom stereocenters. The second-order valence-corrected chi connectivity index (χ2v) is 8.58. The molecule has 0 radical (unpaired) electrons. The third-order valence-corrected chi connectivity index (χ3v) is 6.06. The van der Waals surface area contributed by atoms with Crippen LogP contribution in [0, 0.1) is 0 Å². The predicted octanol–water partition coefficient (Wildman–Crippen LogP) is 2.59. The summed E-state index contributed by atoms with van der Waals surface area (Å²) in [7, 11) is 1.79. The van der Waals surface area contributed by atoms with E-state index in [-0.39, 0.29) is 30.9 Å². The molecule has 7 heteroatoms. The van der Waals surface area contributed by atoms with Crippen LogP contribution < -0.4 is 15.5 Å². The number of rotatable bonds is 7. The van der Waals surface area contributed by atoms with Crippen LogP contribution in [0.25, 0.3) is 0 Å². The Hall–Kier alpha value is -2.90. The summed E-state index contributed by atoms with van der Waals surface area (Å²) in [5.41, 5.74) is 4.41. The summed E-state index contributed by atoms with van der Waals surface area (Å²) in [5.74, 6) is -0.195. The van der Waals surface area contributed by atoms with Crippen LogP contribution in [-0.2, 0) is 20.7 Å². The first-order valence-electron chi connectivity index (χ1n) is 11.4. The number of carbonyl (C=O) groups excluding carboxylic acids is 2. The molecule has 1 heterocycles. The van der Waals surface area contributed by atoms with Crippen LogP contribution in [0.15, 0.2) is 48.5 Å². The molecule has 7 nitrogen and oxygen atoms in total. The van der Waals surface area contributed by atoms with E-state index in [0.717, 1.165) is 56.9 Å². The van der Waals surface area contributed by atoms with Gasteiger partial charge in [-0.15, -0.1) is 0 Å². The summed E-state index contributed by atoms with van der Waals surface area (Å²) in [5, 5.41) is 6.06. The molecule has 2 aliphatic rings. The van der Waals surface area contributed by atoms with Crippen LogP contribution in [-0.4, -0.2) is 63.2 Å². The lowest BCUT2D eigenvalue weighted by molar-refractivity contribution is -0.123. The number of hydrogen-bond donors (Lipinski definition) is 2. The van der Waals surface area contributed by atoms with Crippen molar-refractivity contribution in [2.45, 2.75) is 25.3 Å². The number of fused-ring (bicyclic) bond motifs is 1. The third-order valence-electron chi connectivity index (χ3n) is 6.06. The van der Waals surface area contributed by atoms with Crippen LogP contribution in [0.4, 0.5) is 11.4 Å². The van der Waals surface area contributed by atoms with Gasteiger partial charge in [-0.05, 0) is 61.7 Å². The fourth-order valence-electron chi connectivity index (χ4n) is 4.47. The first kappa shape index (κ1) is 22.3. The van der Waals surface area contributed by atoms with Crippen LogP contribution in [0.1, 0.15) is 30.0 Å². The summed E-state index contributed by atoms with van der Waals surface area (Å²) in [6.45, 7) is 3.58. The van der Waals surface area contributed by atoms with Crippen LogP contribution >= 0.6 is 0 Å². The number of benzene rings is 2. The largest absolute Gasteiger partial charge is 0.378 e. The quantitative estimate of drug-likeness (QED) is 0.698. The summed E-state index contributed by atoms with van der Waals surface area (Å²) in [4.78, 5) is 29.0. The molecular weight excluding hydrogens is 404 g/mol. The number of carbonyl (C=O) groups is 2. The van der Waals surface area contributed by atoms with Gasteiger partial charge in [0.05, 0.1) is 32.3 Å². The van der Waals surface area contributed by atoms with Gasteiger partial charge in [-0.2, -0.15) is 0 Å². The standard InChI is InChI=1S/C25H32N4O3/c1-28(18-25(31)27-23-8-4-6-19-5-2-3-7-22(19)23)17-24(30)26-20-9-11-21(12-10-20)29-13-15-32-16-14-29/h2-3,5,7,9-12,23H,4,6,8,13-18H2,1H3,(H,26,30)(H,27,31). The van der Waals surface area contributed by atoms with E-state index in [4.69, 9.17) is 4.74 Å². The number of aryl methyl sites for hydroxylation is 1. The molecule has 2 aromatic rings. The Kier molecular flexibility index (Phi) is 7.39. The van der Waals surface area contributed by atoms with Crippen molar-refractivity contribution in [3.63, 3.8) is 0 Å². The minimum absolute atomic E-state index is 0.0552. The second-order valence-electron chi connectivity index (χ2n) is 8.58. The van der Waals surface area contributed by atoms with E-state index in [1.807, 2.05) is 36.4 Å².